The minimum Gasteiger partial charge on any atom is -0.465 e. The van der Waals surface area contributed by atoms with Gasteiger partial charge < -0.3 is 34.4 Å². The monoisotopic (exact) mass is 675 g/mol. The lowest BCUT2D eigenvalue weighted by Gasteiger charge is -2.43. The van der Waals surface area contributed by atoms with Crippen LogP contribution in [0.3, 0.4) is 0 Å². The van der Waals surface area contributed by atoms with Gasteiger partial charge in [-0.05, 0) is 68.2 Å². The molecule has 0 spiro atoms. The first kappa shape index (κ1) is 38.8. The number of likely N-dealkylation sites (tertiary alicyclic amines) is 1. The number of aliphatic hydroxyl groups is 1. The molecule has 10 nitrogen and oxygen atoms in total. The smallest absolute Gasteiger partial charge is 0.409 e. The second-order valence-electron chi connectivity index (χ2n) is 14.9. The third kappa shape index (κ3) is 12.4. The van der Waals surface area contributed by atoms with Crippen LogP contribution in [-0.2, 0) is 19.8 Å². The highest BCUT2D eigenvalue weighted by Gasteiger charge is 2.42. The average molecular weight is 676 g/mol. The number of hydrogen-bond acceptors (Lipinski definition) is 7. The molecule has 1 saturated heterocycles. The van der Waals surface area contributed by atoms with Crippen molar-refractivity contribution in [1.82, 2.24) is 15.1 Å². The molecular weight excluding hydrogens is 614 g/mol. The molecule has 0 unspecified atom stereocenters. The van der Waals surface area contributed by atoms with Gasteiger partial charge in [0.25, 0.3) is 0 Å². The largest absolute Gasteiger partial charge is 0.465 e. The summed E-state index contributed by atoms with van der Waals surface area (Å²) in [6.07, 6.45) is 9.93. The number of likely N-dealkylation sites (N-methyl/N-ethyl adjacent to an activating group) is 1. The summed E-state index contributed by atoms with van der Waals surface area (Å²) in [5.74, 6) is -0.163. The molecule has 11 heteroatoms. The van der Waals surface area contributed by atoms with E-state index in [9.17, 15) is 19.5 Å². The quantitative estimate of drug-likeness (QED) is 0.115. The molecule has 47 heavy (non-hydrogen) atoms. The molecule has 1 aliphatic carbocycles. The summed E-state index contributed by atoms with van der Waals surface area (Å²) >= 11 is 0. The van der Waals surface area contributed by atoms with Crippen molar-refractivity contribution >= 4 is 26.2 Å². The van der Waals surface area contributed by atoms with Crippen molar-refractivity contribution in [1.29, 1.82) is 0 Å². The van der Waals surface area contributed by atoms with Crippen molar-refractivity contribution in [3.05, 3.63) is 35.4 Å². The van der Waals surface area contributed by atoms with E-state index in [0.717, 1.165) is 51.0 Å². The maximum atomic E-state index is 13.9. The van der Waals surface area contributed by atoms with E-state index in [-0.39, 0.29) is 24.1 Å². The third-order valence-corrected chi connectivity index (χ3v) is 11.6. The van der Waals surface area contributed by atoms with Gasteiger partial charge in [-0.1, -0.05) is 63.9 Å². The Morgan fingerprint density at radius 2 is 1.81 bits per heavy atom. The number of benzene rings is 1. The summed E-state index contributed by atoms with van der Waals surface area (Å²) < 4.78 is 15.8. The molecular formula is C36H61N3O7Si. The molecule has 1 saturated carbocycles. The predicted molar refractivity (Wildman–Crippen MR) is 187 cm³/mol. The van der Waals surface area contributed by atoms with Crippen LogP contribution >= 0.6 is 0 Å². The number of nitrogens with one attached hydrogen (secondary N) is 1. The number of amides is 3. The molecule has 0 aromatic heterocycles. The van der Waals surface area contributed by atoms with E-state index < -0.39 is 19.6 Å². The summed E-state index contributed by atoms with van der Waals surface area (Å²) in [7, 11) is 3.44. The Morgan fingerprint density at radius 3 is 2.49 bits per heavy atom. The van der Waals surface area contributed by atoms with Gasteiger partial charge in [0.15, 0.2) is 0 Å². The Hall–Kier alpha value is -2.63. The van der Waals surface area contributed by atoms with Crippen LogP contribution in [-0.4, -0.2) is 101 Å². The van der Waals surface area contributed by atoms with Crippen molar-refractivity contribution in [2.45, 2.75) is 108 Å². The molecule has 2 aliphatic rings. The van der Waals surface area contributed by atoms with E-state index in [0.29, 0.717) is 56.3 Å². The molecule has 2 fully saturated rings. The molecule has 3 amide bonds. The Labute approximate surface area is 283 Å². The number of piperidine rings is 1. The first-order chi connectivity index (χ1) is 22.4. The number of ether oxygens (including phenoxy) is 3. The molecule has 3 rings (SSSR count). The molecule has 0 radical (unpaired) electrons. The first-order valence-electron chi connectivity index (χ1n) is 17.7. The summed E-state index contributed by atoms with van der Waals surface area (Å²) in [5, 5.41) is 15.7. The Kier molecular flexibility index (Phi) is 15.5. The number of nitrogens with zero attached hydrogens (tertiary/aromatic N) is 2. The van der Waals surface area contributed by atoms with Gasteiger partial charge in [-0.3, -0.25) is 0 Å². The van der Waals surface area contributed by atoms with Crippen LogP contribution in [0.25, 0.3) is 0 Å². The summed E-state index contributed by atoms with van der Waals surface area (Å²) in [5.41, 5.74) is -0.188. The predicted octanol–water partition coefficient (Wildman–Crippen LogP) is 6.64. The lowest BCUT2D eigenvalue weighted by atomic mass is 9.74. The summed E-state index contributed by atoms with van der Waals surface area (Å²) in [6.45, 7) is 9.15. The number of urea groups is 1. The second-order valence-corrected chi connectivity index (χ2v) is 20.5. The zero-order chi connectivity index (χ0) is 34.5. The number of carbonyl (C=O) groups is 3. The number of carbonyl (C=O) groups excluding carboxylic acids is 3. The maximum Gasteiger partial charge on any atom is 0.409 e. The van der Waals surface area contributed by atoms with Crippen LogP contribution in [0.2, 0.25) is 25.7 Å². The van der Waals surface area contributed by atoms with Crippen molar-refractivity contribution in [3.8, 4) is 0 Å². The first-order valence-corrected chi connectivity index (χ1v) is 21.4. The van der Waals surface area contributed by atoms with E-state index in [4.69, 9.17) is 14.2 Å². The van der Waals surface area contributed by atoms with E-state index in [1.54, 1.807) is 37.3 Å². The van der Waals surface area contributed by atoms with Crippen molar-refractivity contribution in [2.24, 2.45) is 11.8 Å². The molecule has 266 valence electrons. The van der Waals surface area contributed by atoms with Gasteiger partial charge in [-0.25, -0.2) is 14.4 Å². The lowest BCUT2D eigenvalue weighted by Crippen LogP contribution is -2.54. The van der Waals surface area contributed by atoms with E-state index in [1.165, 1.54) is 26.4 Å². The SMILES string of the molecule is COCCCC[C@](O)(c1cccc(C(=O)OC)c1)[C@@H]1CCCN(C(=O)N[C@@H](CC2CCCCC2)CN(C)C(=O)OCC[Si](C)(C)C)C1. The Balaban J connectivity index is 1.74. The van der Waals surface area contributed by atoms with Gasteiger partial charge in [0.05, 0.1) is 24.9 Å². The zero-order valence-corrected chi connectivity index (χ0v) is 30.9. The molecule has 1 aromatic carbocycles. The molecule has 1 aliphatic heterocycles. The molecule has 1 heterocycles. The van der Waals surface area contributed by atoms with Gasteiger partial charge in [0, 0.05) is 60.4 Å². The van der Waals surface area contributed by atoms with Crippen LogP contribution in [0.1, 0.15) is 86.6 Å². The van der Waals surface area contributed by atoms with Crippen molar-refractivity contribution in [2.75, 3.05) is 54.1 Å². The van der Waals surface area contributed by atoms with Gasteiger partial charge in [-0.15, -0.1) is 0 Å². The third-order valence-electron chi connectivity index (χ3n) is 9.88. The molecule has 0 bridgehead atoms. The summed E-state index contributed by atoms with van der Waals surface area (Å²) in [6, 6.07) is 7.59. The van der Waals surface area contributed by atoms with Crippen LogP contribution < -0.4 is 5.32 Å². The summed E-state index contributed by atoms with van der Waals surface area (Å²) in [4.78, 5) is 42.5. The lowest BCUT2D eigenvalue weighted by molar-refractivity contribution is -0.0564. The van der Waals surface area contributed by atoms with Crippen LogP contribution in [0.4, 0.5) is 9.59 Å². The second kappa shape index (κ2) is 18.8. The topological polar surface area (TPSA) is 118 Å². The van der Waals surface area contributed by atoms with Gasteiger partial charge in [0.2, 0.25) is 0 Å². The number of rotatable bonds is 16. The fourth-order valence-electron chi connectivity index (χ4n) is 7.04. The maximum absolute atomic E-state index is 13.9. The average Bonchev–Trinajstić information content (AvgIpc) is 3.06. The molecule has 1 aromatic rings. The minimum atomic E-state index is -1.33. The molecule has 2 N–H and O–H groups in total. The van der Waals surface area contributed by atoms with Crippen molar-refractivity contribution < 1.29 is 33.7 Å². The standard InChI is InChI=1S/C36H61N3O7Si/c1-38(35(42)46-22-23-47(4,5)6)27-32(24-28-14-8-7-9-15-28)37-34(41)39-20-13-18-31(26-39)36(43,19-10-11-21-44-2)30-17-12-16-29(25-30)33(40)45-3/h12,16-17,25,28,31-32,43H,7-11,13-15,18-24,26-27H2,1-6H3,(H,37,41)/t31-,32+,36+/m1/s1. The van der Waals surface area contributed by atoms with Gasteiger partial charge in [0.1, 0.15) is 0 Å². The van der Waals surface area contributed by atoms with E-state index in [2.05, 4.69) is 25.0 Å². The Morgan fingerprint density at radius 1 is 1.06 bits per heavy atom. The minimum absolute atomic E-state index is 0.166. The molecule has 3 atom stereocenters. The fraction of sp³-hybridized carbons (Fsp3) is 0.750. The number of unbranched alkanes of at least 4 members (excludes halogenated alkanes) is 1. The number of hydrogen-bond donors (Lipinski definition) is 2. The van der Waals surface area contributed by atoms with E-state index in [1.807, 2.05) is 11.0 Å². The van der Waals surface area contributed by atoms with Crippen molar-refractivity contribution in [3.63, 3.8) is 0 Å². The van der Waals surface area contributed by atoms with Crippen LogP contribution in [0.5, 0.6) is 0 Å². The van der Waals surface area contributed by atoms with Gasteiger partial charge in [-0.2, -0.15) is 0 Å². The van der Waals surface area contributed by atoms with Crippen LogP contribution in [0, 0.1) is 11.8 Å². The highest BCUT2D eigenvalue weighted by atomic mass is 28.3. The highest BCUT2D eigenvalue weighted by molar-refractivity contribution is 6.76. The number of esters is 1. The fourth-order valence-corrected chi connectivity index (χ4v) is 7.75. The highest BCUT2D eigenvalue weighted by Crippen LogP contribution is 2.40. The van der Waals surface area contributed by atoms with E-state index >= 15 is 0 Å². The number of methoxy groups -OCH3 is 2. The van der Waals surface area contributed by atoms with Gasteiger partial charge >= 0.3 is 18.1 Å². The Bertz CT molecular complexity index is 1140. The normalized spacial score (nSPS) is 19.4. The van der Waals surface area contributed by atoms with Crippen LogP contribution in [0.15, 0.2) is 24.3 Å². The zero-order valence-electron chi connectivity index (χ0n) is 29.9.